The van der Waals surface area contributed by atoms with E-state index in [1.807, 2.05) is 19.1 Å². The third-order valence-electron chi connectivity index (χ3n) is 4.71. The molecule has 0 aliphatic carbocycles. The Labute approximate surface area is 144 Å². The fourth-order valence-electron chi connectivity index (χ4n) is 3.32. The Balaban J connectivity index is 1.67. The Hall–Kier alpha value is -2.32. The van der Waals surface area contributed by atoms with Crippen LogP contribution >= 0.6 is 0 Å². The number of aromatic nitrogens is 3. The number of nitrogens with zero attached hydrogens (tertiary/aromatic N) is 3. The van der Waals surface area contributed by atoms with Gasteiger partial charge in [0, 0.05) is 11.6 Å². The van der Waals surface area contributed by atoms with Crippen molar-refractivity contribution in [2.75, 3.05) is 0 Å². The van der Waals surface area contributed by atoms with E-state index in [0.717, 1.165) is 11.1 Å². The smallest absolute Gasteiger partial charge is 0.164 e. The van der Waals surface area contributed by atoms with Crippen LogP contribution in [0, 0.1) is 6.92 Å². The highest BCUT2D eigenvalue weighted by molar-refractivity contribution is 5.78. The zero-order valence-corrected chi connectivity index (χ0v) is 13.6. The van der Waals surface area contributed by atoms with Crippen molar-refractivity contribution < 1.29 is 20.1 Å². The van der Waals surface area contributed by atoms with Crippen molar-refractivity contribution in [3.63, 3.8) is 0 Å². The highest BCUT2D eigenvalue weighted by atomic mass is 16.6. The van der Waals surface area contributed by atoms with Crippen LogP contribution < -0.4 is 0 Å². The number of ether oxygens (including phenoxy) is 1. The second-order valence-electron chi connectivity index (χ2n) is 6.25. The number of benzene rings is 1. The minimum Gasteiger partial charge on any atom is -0.387 e. The zero-order chi connectivity index (χ0) is 17.6. The molecule has 0 saturated carbocycles. The highest BCUT2D eigenvalue weighted by Crippen LogP contribution is 2.37. The van der Waals surface area contributed by atoms with Gasteiger partial charge in [-0.1, -0.05) is 30.3 Å². The van der Waals surface area contributed by atoms with Crippen LogP contribution in [0.2, 0.25) is 0 Å². The number of aliphatic hydroxyl groups excluding tert-OH is 3. The van der Waals surface area contributed by atoms with Crippen molar-refractivity contribution in [2.45, 2.75) is 37.6 Å². The summed E-state index contributed by atoms with van der Waals surface area (Å²) in [5.74, 6) is 0. The van der Waals surface area contributed by atoms with E-state index in [4.69, 9.17) is 4.74 Å². The summed E-state index contributed by atoms with van der Waals surface area (Å²) in [6.07, 6.45) is -2.05. The van der Waals surface area contributed by atoms with Gasteiger partial charge in [-0.25, -0.2) is 9.97 Å². The summed E-state index contributed by atoms with van der Waals surface area (Å²) < 4.78 is 7.51. The van der Waals surface area contributed by atoms with Crippen molar-refractivity contribution >= 4 is 11.0 Å². The molecule has 3 N–H and O–H groups in total. The number of aliphatic hydroxyl groups is 3. The normalized spacial score (nSPS) is 27.7. The monoisotopic (exact) mass is 341 g/mol. The van der Waals surface area contributed by atoms with Crippen molar-refractivity contribution in [1.82, 2.24) is 14.5 Å². The van der Waals surface area contributed by atoms with E-state index < -0.39 is 30.6 Å². The first-order chi connectivity index (χ1) is 12.1. The van der Waals surface area contributed by atoms with Crippen LogP contribution in [0.1, 0.15) is 23.6 Å². The molecule has 1 aliphatic heterocycles. The lowest BCUT2D eigenvalue weighted by Gasteiger charge is -2.21. The molecule has 1 aliphatic rings. The predicted molar refractivity (Wildman–Crippen MR) is 89.6 cm³/mol. The molecule has 7 heteroatoms. The predicted octanol–water partition coefficient (Wildman–Crippen LogP) is 1.09. The Bertz CT molecular complexity index is 882. The third-order valence-corrected chi connectivity index (χ3v) is 4.71. The molecule has 3 aromatic rings. The molecular formula is C18H19N3O4. The summed E-state index contributed by atoms with van der Waals surface area (Å²) in [6.45, 7) is 1.87. The van der Waals surface area contributed by atoms with E-state index in [0.29, 0.717) is 11.2 Å². The summed E-state index contributed by atoms with van der Waals surface area (Å²) in [7, 11) is 0. The molecule has 2 unspecified atom stereocenters. The van der Waals surface area contributed by atoms with Crippen molar-refractivity contribution in [2.24, 2.45) is 0 Å². The third kappa shape index (κ3) is 2.61. The van der Waals surface area contributed by atoms with E-state index >= 15 is 0 Å². The van der Waals surface area contributed by atoms with E-state index in [1.54, 1.807) is 35.0 Å². The van der Waals surface area contributed by atoms with Gasteiger partial charge in [-0.05, 0) is 18.6 Å². The summed E-state index contributed by atoms with van der Waals surface area (Å²) in [6, 6.07) is 10.8. The molecule has 7 nitrogen and oxygen atoms in total. The second-order valence-corrected chi connectivity index (χ2v) is 6.25. The van der Waals surface area contributed by atoms with Crippen LogP contribution in [-0.2, 0) is 4.74 Å². The molecule has 130 valence electrons. The Kier molecular flexibility index (Phi) is 4.01. The molecule has 0 amide bonds. The lowest BCUT2D eigenvalue weighted by atomic mass is 9.99. The lowest BCUT2D eigenvalue weighted by molar-refractivity contribution is -0.0848. The average molecular weight is 341 g/mol. The van der Waals surface area contributed by atoms with Gasteiger partial charge in [0.2, 0.25) is 0 Å². The van der Waals surface area contributed by atoms with Crippen molar-refractivity contribution in [3.8, 4) is 0 Å². The van der Waals surface area contributed by atoms with E-state index in [1.165, 1.54) is 6.33 Å². The van der Waals surface area contributed by atoms with Gasteiger partial charge in [-0.3, -0.25) is 0 Å². The van der Waals surface area contributed by atoms with Gasteiger partial charge in [0.15, 0.2) is 6.23 Å². The highest BCUT2D eigenvalue weighted by Gasteiger charge is 2.47. The van der Waals surface area contributed by atoms with Crippen LogP contribution in [0.15, 0.2) is 48.9 Å². The maximum atomic E-state index is 10.6. The summed E-state index contributed by atoms with van der Waals surface area (Å²) in [5.41, 5.74) is 2.05. The molecule has 0 bridgehead atoms. The molecule has 2 aromatic heterocycles. The average Bonchev–Trinajstić information content (AvgIpc) is 3.18. The van der Waals surface area contributed by atoms with Gasteiger partial charge in [-0.2, -0.15) is 0 Å². The number of fused-ring (bicyclic) bond motifs is 1. The fraction of sp³-hybridized carbons (Fsp3) is 0.333. The van der Waals surface area contributed by atoms with Crippen molar-refractivity contribution in [3.05, 3.63) is 60.2 Å². The van der Waals surface area contributed by atoms with Gasteiger partial charge < -0.3 is 24.6 Å². The second kappa shape index (κ2) is 6.20. The van der Waals surface area contributed by atoms with E-state index in [-0.39, 0.29) is 0 Å². The van der Waals surface area contributed by atoms with Crippen LogP contribution in [0.4, 0.5) is 0 Å². The largest absolute Gasteiger partial charge is 0.387 e. The Morgan fingerprint density at radius 1 is 1.08 bits per heavy atom. The summed E-state index contributed by atoms with van der Waals surface area (Å²) in [4.78, 5) is 8.40. The minimum atomic E-state index is -1.22. The van der Waals surface area contributed by atoms with Gasteiger partial charge in [0.1, 0.15) is 36.4 Å². The molecule has 1 aromatic carbocycles. The molecule has 1 saturated heterocycles. The van der Waals surface area contributed by atoms with Crippen LogP contribution in [0.3, 0.4) is 0 Å². The number of aryl methyl sites for hydroxylation is 1. The van der Waals surface area contributed by atoms with Gasteiger partial charge in [0.25, 0.3) is 0 Å². The number of rotatable bonds is 3. The quantitative estimate of drug-likeness (QED) is 0.659. The fourth-order valence-corrected chi connectivity index (χ4v) is 3.32. The first-order valence-electron chi connectivity index (χ1n) is 8.10. The Morgan fingerprint density at radius 3 is 2.60 bits per heavy atom. The van der Waals surface area contributed by atoms with Gasteiger partial charge in [0.05, 0.1) is 5.69 Å². The SMILES string of the molecule is Cc1ncnc2c1ccn2[C@@H]1O[C@H](C(O)c2ccccc2)[C@@H](O)C1O. The first kappa shape index (κ1) is 16.2. The van der Waals surface area contributed by atoms with Crippen molar-refractivity contribution in [1.29, 1.82) is 0 Å². The topological polar surface area (TPSA) is 101 Å². The van der Waals surface area contributed by atoms with Crippen LogP contribution in [0.5, 0.6) is 0 Å². The van der Waals surface area contributed by atoms with Gasteiger partial charge >= 0.3 is 0 Å². The first-order valence-corrected chi connectivity index (χ1v) is 8.10. The van der Waals surface area contributed by atoms with E-state index in [2.05, 4.69) is 9.97 Å². The molecule has 5 atom stereocenters. The lowest BCUT2D eigenvalue weighted by Crippen LogP contribution is -2.34. The molecule has 4 rings (SSSR count). The molecule has 3 heterocycles. The maximum absolute atomic E-state index is 10.6. The minimum absolute atomic E-state index is 0.610. The molecule has 25 heavy (non-hydrogen) atoms. The standard InChI is InChI=1S/C18H19N3O4/c1-10-12-7-8-21(17(12)20-9-19-10)18-15(24)14(23)16(25-18)13(22)11-5-3-2-4-6-11/h2-9,13-16,18,22-24H,1H3/t13?,14-,15?,16+,18+/m0/s1. The summed E-state index contributed by atoms with van der Waals surface area (Å²) in [5, 5.41) is 32.3. The molecule has 1 fully saturated rings. The van der Waals surface area contributed by atoms with Gasteiger partial charge in [-0.15, -0.1) is 0 Å². The van der Waals surface area contributed by atoms with E-state index in [9.17, 15) is 15.3 Å². The van der Waals surface area contributed by atoms with Crippen LogP contribution in [0.25, 0.3) is 11.0 Å². The van der Waals surface area contributed by atoms with Crippen LogP contribution in [-0.4, -0.2) is 48.2 Å². The molecule has 0 spiro atoms. The molecule has 0 radical (unpaired) electrons. The number of hydrogen-bond acceptors (Lipinski definition) is 6. The molecular weight excluding hydrogens is 322 g/mol. The maximum Gasteiger partial charge on any atom is 0.164 e. The number of hydrogen-bond donors (Lipinski definition) is 3. The zero-order valence-electron chi connectivity index (χ0n) is 13.6. The summed E-state index contributed by atoms with van der Waals surface area (Å²) >= 11 is 0. The Morgan fingerprint density at radius 2 is 1.84 bits per heavy atom.